The number of hydrogen-bond acceptors (Lipinski definition) is 6. The van der Waals surface area contributed by atoms with E-state index in [0.717, 1.165) is 70.9 Å². The lowest BCUT2D eigenvalue weighted by Gasteiger charge is -2.39. The van der Waals surface area contributed by atoms with Gasteiger partial charge in [-0.25, -0.2) is 9.97 Å². The van der Waals surface area contributed by atoms with Crippen molar-refractivity contribution in [3.63, 3.8) is 0 Å². The Hall–Kier alpha value is -3.55. The van der Waals surface area contributed by atoms with Crippen LogP contribution in [0.2, 0.25) is 5.02 Å². The van der Waals surface area contributed by atoms with Crippen molar-refractivity contribution in [2.45, 2.75) is 61.7 Å². The molecule has 2 fully saturated rings. The van der Waals surface area contributed by atoms with E-state index in [-0.39, 0.29) is 24.1 Å². The van der Waals surface area contributed by atoms with Gasteiger partial charge >= 0.3 is 0 Å². The number of aryl methyl sites for hydroxylation is 1. The van der Waals surface area contributed by atoms with Gasteiger partial charge in [0.25, 0.3) is 5.91 Å². The first-order chi connectivity index (χ1) is 20.0. The minimum absolute atomic E-state index is 0.0701. The Morgan fingerprint density at radius 3 is 2.44 bits per heavy atom. The Balaban J connectivity index is 1.06. The highest BCUT2D eigenvalue weighted by molar-refractivity contribution is 7.98. The summed E-state index contributed by atoms with van der Waals surface area (Å²) >= 11 is 7.95. The quantitative estimate of drug-likeness (QED) is 0.156. The molecule has 0 saturated carbocycles. The average molecular weight is 586 g/mol. The molecule has 0 N–H and O–H groups in total. The van der Waals surface area contributed by atoms with Crippen LogP contribution >= 0.6 is 23.4 Å². The van der Waals surface area contributed by atoms with Gasteiger partial charge in [0, 0.05) is 48.0 Å². The molecule has 2 aliphatic heterocycles. The fourth-order valence-electron chi connectivity index (χ4n) is 5.81. The predicted octanol–water partition coefficient (Wildman–Crippen LogP) is 7.62. The monoisotopic (exact) mass is 585 g/mol. The third-order valence-electron chi connectivity index (χ3n) is 7.89. The molecule has 3 aromatic carbocycles. The maximum Gasteiger partial charge on any atom is 0.254 e. The number of amides is 1. The first-order valence-electron chi connectivity index (χ1n) is 13.9. The van der Waals surface area contributed by atoms with Gasteiger partial charge in [0.2, 0.25) is 0 Å². The molecule has 3 heterocycles. The van der Waals surface area contributed by atoms with E-state index in [0.29, 0.717) is 10.2 Å². The normalized spacial score (nSPS) is 19.7. The molecular formula is C33H32ClN3O3S. The largest absolute Gasteiger partial charge is 0.497 e. The molecule has 2 atom stereocenters. The van der Waals surface area contributed by atoms with Crippen LogP contribution in [0.15, 0.2) is 84.1 Å². The van der Waals surface area contributed by atoms with Gasteiger partial charge in [0.1, 0.15) is 17.6 Å². The molecule has 8 heteroatoms. The van der Waals surface area contributed by atoms with Gasteiger partial charge in [-0.15, -0.1) is 0 Å². The maximum absolute atomic E-state index is 13.6. The van der Waals surface area contributed by atoms with E-state index >= 15 is 0 Å². The van der Waals surface area contributed by atoms with Crippen molar-refractivity contribution in [3.8, 4) is 22.8 Å². The van der Waals surface area contributed by atoms with Crippen LogP contribution in [0, 0.1) is 6.92 Å². The minimum Gasteiger partial charge on any atom is -0.497 e. The van der Waals surface area contributed by atoms with Crippen molar-refractivity contribution in [2.75, 3.05) is 7.11 Å². The van der Waals surface area contributed by atoms with Crippen LogP contribution in [-0.4, -0.2) is 46.1 Å². The van der Waals surface area contributed by atoms with Crippen molar-refractivity contribution in [1.29, 1.82) is 0 Å². The zero-order chi connectivity index (χ0) is 28.3. The number of rotatable bonds is 8. The number of methoxy groups -OCH3 is 1. The van der Waals surface area contributed by atoms with Crippen molar-refractivity contribution in [3.05, 3.63) is 101 Å². The number of hydrogen-bond donors (Lipinski definition) is 0. The van der Waals surface area contributed by atoms with E-state index in [2.05, 4.69) is 9.88 Å². The van der Waals surface area contributed by atoms with Crippen LogP contribution in [0.4, 0.5) is 0 Å². The summed E-state index contributed by atoms with van der Waals surface area (Å²) in [6.07, 6.45) is 5.55. The molecule has 6 nitrogen and oxygen atoms in total. The van der Waals surface area contributed by atoms with Crippen LogP contribution < -0.4 is 9.47 Å². The highest BCUT2D eigenvalue weighted by Crippen LogP contribution is 2.39. The Morgan fingerprint density at radius 2 is 1.73 bits per heavy atom. The van der Waals surface area contributed by atoms with Gasteiger partial charge in [-0.3, -0.25) is 4.79 Å². The summed E-state index contributed by atoms with van der Waals surface area (Å²) in [5.41, 5.74) is 4.86. The van der Waals surface area contributed by atoms with E-state index in [1.54, 1.807) is 25.1 Å². The Kier molecular flexibility index (Phi) is 8.17. The zero-order valence-electron chi connectivity index (χ0n) is 23.1. The lowest BCUT2D eigenvalue weighted by Crippen LogP contribution is -2.49. The fourth-order valence-corrected chi connectivity index (χ4v) is 6.76. The van der Waals surface area contributed by atoms with Gasteiger partial charge < -0.3 is 14.4 Å². The number of ether oxygens (including phenoxy) is 2. The number of carbonyl (C=O) groups is 1. The number of benzene rings is 3. The zero-order valence-corrected chi connectivity index (χ0v) is 24.7. The first-order valence-corrected chi connectivity index (χ1v) is 15.3. The third kappa shape index (κ3) is 6.21. The Labute approximate surface area is 250 Å². The maximum atomic E-state index is 13.6. The SMILES string of the molecule is COc1ccc(-c2ccnc(SCc3ccc(C(=O)N4C5CCC4CC(Oc4cc(C)ccc4Cl)C5)cc3)n2)cc1. The van der Waals surface area contributed by atoms with Crippen LogP contribution in [0.3, 0.4) is 0 Å². The summed E-state index contributed by atoms with van der Waals surface area (Å²) < 4.78 is 11.6. The van der Waals surface area contributed by atoms with Crippen LogP contribution in [0.5, 0.6) is 11.5 Å². The minimum atomic E-state index is 0.0701. The topological polar surface area (TPSA) is 64.5 Å². The van der Waals surface area contributed by atoms with E-state index in [9.17, 15) is 4.79 Å². The van der Waals surface area contributed by atoms with E-state index in [1.807, 2.05) is 79.7 Å². The average Bonchev–Trinajstić information content (AvgIpc) is 3.27. The number of carbonyl (C=O) groups excluding carboxylic acids is 1. The van der Waals surface area contributed by atoms with Gasteiger partial charge in [0.05, 0.1) is 17.8 Å². The second kappa shape index (κ2) is 12.1. The predicted molar refractivity (Wildman–Crippen MR) is 163 cm³/mol. The lowest BCUT2D eigenvalue weighted by molar-refractivity contribution is 0.0359. The molecular weight excluding hydrogens is 554 g/mol. The molecule has 41 heavy (non-hydrogen) atoms. The first kappa shape index (κ1) is 27.6. The third-order valence-corrected chi connectivity index (χ3v) is 9.14. The van der Waals surface area contributed by atoms with Crippen molar-refractivity contribution in [2.24, 2.45) is 0 Å². The highest BCUT2D eigenvalue weighted by atomic mass is 35.5. The molecule has 2 bridgehead atoms. The molecule has 2 saturated heterocycles. The summed E-state index contributed by atoms with van der Waals surface area (Å²) in [5, 5.41) is 1.35. The second-order valence-electron chi connectivity index (χ2n) is 10.7. The molecule has 0 aliphatic carbocycles. The van der Waals surface area contributed by atoms with Gasteiger partial charge in [-0.1, -0.05) is 41.6 Å². The summed E-state index contributed by atoms with van der Waals surface area (Å²) in [4.78, 5) is 24.8. The summed E-state index contributed by atoms with van der Waals surface area (Å²) in [5.74, 6) is 2.38. The molecule has 4 aromatic rings. The molecule has 1 aromatic heterocycles. The molecule has 1 amide bonds. The number of fused-ring (bicyclic) bond motifs is 2. The molecule has 210 valence electrons. The Morgan fingerprint density at radius 1 is 1.00 bits per heavy atom. The van der Waals surface area contributed by atoms with E-state index in [1.165, 1.54) is 0 Å². The summed E-state index contributed by atoms with van der Waals surface area (Å²) in [6.45, 7) is 2.04. The van der Waals surface area contributed by atoms with Crippen molar-refractivity contribution >= 4 is 29.3 Å². The molecule has 6 rings (SSSR count). The van der Waals surface area contributed by atoms with Gasteiger partial charge in [-0.05, 0) is 85.5 Å². The molecule has 2 unspecified atom stereocenters. The number of nitrogens with zero attached hydrogens (tertiary/aromatic N) is 3. The van der Waals surface area contributed by atoms with Gasteiger partial charge in [0.15, 0.2) is 5.16 Å². The van der Waals surface area contributed by atoms with Gasteiger partial charge in [-0.2, -0.15) is 0 Å². The number of piperidine rings is 1. The number of aromatic nitrogens is 2. The Bertz CT molecular complexity index is 1520. The number of halogens is 1. The highest BCUT2D eigenvalue weighted by Gasteiger charge is 2.44. The molecule has 0 radical (unpaired) electrons. The summed E-state index contributed by atoms with van der Waals surface area (Å²) in [7, 11) is 1.66. The lowest BCUT2D eigenvalue weighted by atomic mass is 9.98. The van der Waals surface area contributed by atoms with E-state index in [4.69, 9.17) is 26.1 Å². The summed E-state index contributed by atoms with van der Waals surface area (Å²) in [6, 6.07) is 24.0. The van der Waals surface area contributed by atoms with Crippen LogP contribution in [0.25, 0.3) is 11.3 Å². The number of thioether (sulfide) groups is 1. The van der Waals surface area contributed by atoms with Crippen molar-refractivity contribution < 1.29 is 14.3 Å². The second-order valence-corrected chi connectivity index (χ2v) is 12.0. The van der Waals surface area contributed by atoms with Crippen molar-refractivity contribution in [1.82, 2.24) is 14.9 Å². The smallest absolute Gasteiger partial charge is 0.254 e. The van der Waals surface area contributed by atoms with E-state index < -0.39 is 0 Å². The molecule has 0 spiro atoms. The standard InChI is InChI=1S/C33H32ClN3O3S/c1-21-3-14-29(34)31(17-21)40-28-18-25-10-11-26(19-28)37(25)32(38)24-6-4-22(5-7-24)20-41-33-35-16-15-30(36-33)23-8-12-27(39-2)13-9-23/h3-9,12-17,25-26,28H,10-11,18-20H2,1-2H3. The van der Waals surface area contributed by atoms with Crippen LogP contribution in [-0.2, 0) is 5.75 Å². The molecule has 2 aliphatic rings. The fraction of sp³-hybridized carbons (Fsp3) is 0.303. The van der Waals surface area contributed by atoms with Crippen LogP contribution in [0.1, 0.15) is 47.2 Å².